The fraction of sp³-hybridized carbons (Fsp3) is 0.615. The lowest BCUT2D eigenvalue weighted by molar-refractivity contribution is -0.312. The maximum atomic E-state index is 14.5. The molecule has 6 nitrogen and oxygen atoms in total. The summed E-state index contributed by atoms with van der Waals surface area (Å²) in [5.41, 5.74) is 6.28. The first-order valence-corrected chi connectivity index (χ1v) is 17.4. The van der Waals surface area contributed by atoms with E-state index in [0.29, 0.717) is 23.4 Å². The van der Waals surface area contributed by atoms with Crippen LogP contribution in [0.15, 0.2) is 59.7 Å². The zero-order chi connectivity index (χ0) is 32.1. The fourth-order valence-corrected chi connectivity index (χ4v) is 9.71. The van der Waals surface area contributed by atoms with Gasteiger partial charge in [0.2, 0.25) is 0 Å². The zero-order valence-electron chi connectivity index (χ0n) is 27.9. The van der Waals surface area contributed by atoms with Crippen molar-refractivity contribution in [2.45, 2.75) is 90.4 Å². The van der Waals surface area contributed by atoms with Gasteiger partial charge < -0.3 is 18.9 Å². The molecule has 1 saturated heterocycles. The Morgan fingerprint density at radius 3 is 2.39 bits per heavy atom. The molecule has 6 unspecified atom stereocenters. The average molecular weight is 632 g/mol. The first kappa shape index (κ1) is 31.7. The number of anilines is 1. The van der Waals surface area contributed by atoms with E-state index in [0.717, 1.165) is 63.1 Å². The number of alkyl halides is 1. The molecular formula is C39H50FNO5. The van der Waals surface area contributed by atoms with Crippen molar-refractivity contribution < 1.29 is 28.1 Å². The fourth-order valence-electron chi connectivity index (χ4n) is 9.71. The lowest BCUT2D eigenvalue weighted by Crippen LogP contribution is -2.52. The Kier molecular flexibility index (Phi) is 8.46. The number of nitrogens with one attached hydrogen (secondary N) is 1. The second kappa shape index (κ2) is 12.3. The standard InChI is InChI=1S/C39H50FNO5/c1-37(2)23-45-39(46-24-37)18-17-31-27(19-39)9-15-32-34-16-10-28(21-40)38(34,3)20-33(35(31)32)26-7-5-25(6-8-26)22-44-36(42)41-29-11-13-30(43-4)14-12-29/h5-8,11-14,27-28,32-34H,9-10,15-24H2,1-4H3,(H,41,42). The number of halogens is 1. The average Bonchev–Trinajstić information content (AvgIpc) is 3.41. The third kappa shape index (κ3) is 5.87. The monoisotopic (exact) mass is 631 g/mol. The molecule has 2 aromatic rings. The minimum absolute atomic E-state index is 0.0133. The number of fused-ring (bicyclic) bond motifs is 4. The molecule has 1 spiro atoms. The number of rotatable bonds is 6. The van der Waals surface area contributed by atoms with Gasteiger partial charge in [0.1, 0.15) is 12.4 Å². The number of hydrogen-bond acceptors (Lipinski definition) is 5. The van der Waals surface area contributed by atoms with Crippen LogP contribution in [0.3, 0.4) is 0 Å². The maximum Gasteiger partial charge on any atom is 0.411 e. The Bertz CT molecular complexity index is 1440. The van der Waals surface area contributed by atoms with E-state index in [9.17, 15) is 9.18 Å². The number of amides is 1. The summed E-state index contributed by atoms with van der Waals surface area (Å²) in [5.74, 6) is 2.28. The number of methoxy groups -OCH3 is 1. The highest BCUT2D eigenvalue weighted by atomic mass is 19.1. The van der Waals surface area contributed by atoms with Crippen LogP contribution in [0, 0.1) is 34.5 Å². The third-order valence-electron chi connectivity index (χ3n) is 12.3. The van der Waals surface area contributed by atoms with Crippen molar-refractivity contribution >= 4 is 11.8 Å². The smallest absolute Gasteiger partial charge is 0.411 e. The van der Waals surface area contributed by atoms with Crippen LogP contribution in [-0.2, 0) is 20.8 Å². The van der Waals surface area contributed by atoms with Crippen LogP contribution in [0.4, 0.5) is 14.9 Å². The number of carbonyl (C=O) groups is 1. The molecule has 1 amide bonds. The van der Waals surface area contributed by atoms with Gasteiger partial charge in [-0.05, 0) is 103 Å². The Balaban J connectivity index is 1.11. The van der Waals surface area contributed by atoms with Gasteiger partial charge in [-0.3, -0.25) is 9.71 Å². The molecule has 7 heteroatoms. The van der Waals surface area contributed by atoms with Crippen LogP contribution >= 0.6 is 0 Å². The first-order valence-electron chi connectivity index (χ1n) is 17.4. The highest BCUT2D eigenvalue weighted by molar-refractivity contribution is 5.84. The van der Waals surface area contributed by atoms with Crippen molar-refractivity contribution in [1.29, 1.82) is 0 Å². The zero-order valence-corrected chi connectivity index (χ0v) is 27.9. The molecule has 1 aliphatic heterocycles. The van der Waals surface area contributed by atoms with E-state index < -0.39 is 11.9 Å². The van der Waals surface area contributed by atoms with Crippen molar-refractivity contribution in [1.82, 2.24) is 0 Å². The van der Waals surface area contributed by atoms with Gasteiger partial charge >= 0.3 is 6.09 Å². The Morgan fingerprint density at radius 2 is 1.70 bits per heavy atom. The number of carbonyl (C=O) groups excluding carboxylic acids is 1. The van der Waals surface area contributed by atoms with Crippen molar-refractivity contribution in [2.75, 3.05) is 32.3 Å². The summed E-state index contributed by atoms with van der Waals surface area (Å²) in [6.07, 6.45) is 7.90. The molecule has 6 atom stereocenters. The van der Waals surface area contributed by atoms with E-state index in [4.69, 9.17) is 18.9 Å². The molecule has 0 bridgehead atoms. The van der Waals surface area contributed by atoms with Gasteiger partial charge in [0.15, 0.2) is 5.79 Å². The molecule has 2 aromatic carbocycles. The minimum atomic E-state index is -0.494. The summed E-state index contributed by atoms with van der Waals surface area (Å²) in [6.45, 7) is 8.29. The van der Waals surface area contributed by atoms with Gasteiger partial charge in [0.25, 0.3) is 0 Å². The van der Waals surface area contributed by atoms with E-state index in [-0.39, 0.29) is 35.9 Å². The Labute approximate surface area is 273 Å². The predicted octanol–water partition coefficient (Wildman–Crippen LogP) is 9.21. The van der Waals surface area contributed by atoms with Crippen LogP contribution in [0.2, 0.25) is 0 Å². The topological polar surface area (TPSA) is 66.0 Å². The lowest BCUT2D eigenvalue weighted by Gasteiger charge is -2.55. The summed E-state index contributed by atoms with van der Waals surface area (Å²) in [5, 5.41) is 2.77. The first-order chi connectivity index (χ1) is 22.1. The van der Waals surface area contributed by atoms with E-state index in [1.807, 2.05) is 0 Å². The third-order valence-corrected chi connectivity index (χ3v) is 12.3. The van der Waals surface area contributed by atoms with Gasteiger partial charge in [-0.25, -0.2) is 4.79 Å². The van der Waals surface area contributed by atoms with E-state index >= 15 is 0 Å². The molecule has 0 radical (unpaired) electrons. The molecule has 4 fully saturated rings. The predicted molar refractivity (Wildman–Crippen MR) is 176 cm³/mol. The van der Waals surface area contributed by atoms with Crippen LogP contribution < -0.4 is 10.1 Å². The number of allylic oxidation sites excluding steroid dienone is 2. The molecular weight excluding hydrogens is 581 g/mol. The Hall–Kier alpha value is -2.90. The summed E-state index contributed by atoms with van der Waals surface area (Å²) in [4.78, 5) is 12.5. The van der Waals surface area contributed by atoms with E-state index in [1.54, 1.807) is 42.5 Å². The van der Waals surface area contributed by atoms with E-state index in [2.05, 4.69) is 50.4 Å². The number of hydrogen-bond donors (Lipinski definition) is 1. The van der Waals surface area contributed by atoms with Crippen LogP contribution in [0.1, 0.15) is 89.2 Å². The number of ether oxygens (including phenoxy) is 4. The molecule has 46 heavy (non-hydrogen) atoms. The van der Waals surface area contributed by atoms with Crippen LogP contribution in [0.5, 0.6) is 5.75 Å². The highest BCUT2D eigenvalue weighted by Gasteiger charge is 2.58. The van der Waals surface area contributed by atoms with Crippen molar-refractivity contribution in [3.63, 3.8) is 0 Å². The Morgan fingerprint density at radius 1 is 0.957 bits per heavy atom. The summed E-state index contributed by atoms with van der Waals surface area (Å²) in [6, 6.07) is 15.8. The van der Waals surface area contributed by atoms with Crippen molar-refractivity contribution in [3.8, 4) is 5.75 Å². The van der Waals surface area contributed by atoms with Crippen molar-refractivity contribution in [2.24, 2.45) is 34.5 Å². The summed E-state index contributed by atoms with van der Waals surface area (Å²) in [7, 11) is 1.61. The highest BCUT2D eigenvalue weighted by Crippen LogP contribution is 2.66. The second-order valence-electron chi connectivity index (χ2n) is 15.7. The largest absolute Gasteiger partial charge is 0.497 e. The second-order valence-corrected chi connectivity index (χ2v) is 15.7. The maximum absolute atomic E-state index is 14.5. The quantitative estimate of drug-likeness (QED) is 0.322. The van der Waals surface area contributed by atoms with E-state index in [1.165, 1.54) is 18.4 Å². The van der Waals surface area contributed by atoms with Gasteiger partial charge in [-0.2, -0.15) is 0 Å². The summed E-state index contributed by atoms with van der Waals surface area (Å²) >= 11 is 0. The van der Waals surface area contributed by atoms with Gasteiger partial charge in [0, 0.05) is 29.9 Å². The molecule has 248 valence electrons. The molecule has 1 N–H and O–H groups in total. The molecule has 0 aromatic heterocycles. The van der Waals surface area contributed by atoms with Crippen LogP contribution in [0.25, 0.3) is 0 Å². The van der Waals surface area contributed by atoms with Gasteiger partial charge in [-0.15, -0.1) is 0 Å². The van der Waals surface area contributed by atoms with Crippen molar-refractivity contribution in [3.05, 3.63) is 70.8 Å². The minimum Gasteiger partial charge on any atom is -0.497 e. The number of benzene rings is 2. The molecule has 1 heterocycles. The van der Waals surface area contributed by atoms with Crippen LogP contribution in [-0.4, -0.2) is 38.9 Å². The molecule has 3 saturated carbocycles. The lowest BCUT2D eigenvalue weighted by atomic mass is 9.51. The van der Waals surface area contributed by atoms with Gasteiger partial charge in [0.05, 0.1) is 27.0 Å². The SMILES string of the molecule is COc1ccc(NC(=O)OCc2ccc(C3CC4(C)C(CF)CCC4C4CCC5CC6(CCC5=C34)OCC(C)(C)CO6)cc2)cc1. The van der Waals surface area contributed by atoms with Gasteiger partial charge in [-0.1, -0.05) is 56.2 Å². The summed E-state index contributed by atoms with van der Waals surface area (Å²) < 4.78 is 38.2. The molecule has 4 aliphatic carbocycles. The molecule has 5 aliphatic rings. The molecule has 7 rings (SSSR count). The normalized spacial score (nSPS) is 32.7.